The quantitative estimate of drug-likeness (QED) is 0.870. The number of hydrogen-bond acceptors (Lipinski definition) is 3. The fourth-order valence-corrected chi connectivity index (χ4v) is 2.64. The van der Waals surface area contributed by atoms with Crippen LogP contribution in [0.4, 0.5) is 0 Å². The Hall–Kier alpha value is -1.59. The molecular weight excluding hydrogens is 332 g/mol. The van der Waals surface area contributed by atoms with Crippen molar-refractivity contribution in [3.63, 3.8) is 0 Å². The van der Waals surface area contributed by atoms with E-state index in [4.69, 9.17) is 10.5 Å². The first kappa shape index (κ1) is 15.8. The van der Waals surface area contributed by atoms with Gasteiger partial charge in [-0.05, 0) is 47.0 Å². The second-order valence-corrected chi connectivity index (χ2v) is 5.84. The van der Waals surface area contributed by atoms with Crippen LogP contribution in [0.15, 0.2) is 51.9 Å². The zero-order chi connectivity index (χ0) is 15.2. The van der Waals surface area contributed by atoms with Crippen LogP contribution in [-0.2, 0) is 13.0 Å². The SMILES string of the molecule is CC(N)Cc1cccc(Br)c1OCCn1ccccc1=O. The van der Waals surface area contributed by atoms with E-state index >= 15 is 0 Å². The minimum absolute atomic E-state index is 0.0240. The molecule has 2 N–H and O–H groups in total. The van der Waals surface area contributed by atoms with Crippen molar-refractivity contribution >= 4 is 15.9 Å². The Kier molecular flexibility index (Phi) is 5.59. The average molecular weight is 351 g/mol. The fraction of sp³-hybridized carbons (Fsp3) is 0.312. The van der Waals surface area contributed by atoms with Crippen molar-refractivity contribution in [2.24, 2.45) is 5.73 Å². The summed E-state index contributed by atoms with van der Waals surface area (Å²) >= 11 is 3.50. The summed E-state index contributed by atoms with van der Waals surface area (Å²) < 4.78 is 8.40. The van der Waals surface area contributed by atoms with Gasteiger partial charge in [0, 0.05) is 18.3 Å². The number of halogens is 1. The molecule has 0 amide bonds. The molecule has 0 saturated heterocycles. The summed E-state index contributed by atoms with van der Waals surface area (Å²) in [5.41, 5.74) is 6.91. The van der Waals surface area contributed by atoms with Gasteiger partial charge < -0.3 is 15.0 Å². The molecule has 2 rings (SSSR count). The first-order chi connectivity index (χ1) is 10.1. The van der Waals surface area contributed by atoms with Crippen LogP contribution in [0.25, 0.3) is 0 Å². The molecule has 0 radical (unpaired) electrons. The maximum Gasteiger partial charge on any atom is 0.250 e. The number of rotatable bonds is 6. The Balaban J connectivity index is 2.06. The van der Waals surface area contributed by atoms with E-state index in [2.05, 4.69) is 15.9 Å². The van der Waals surface area contributed by atoms with Crippen molar-refractivity contribution in [3.05, 3.63) is 63.0 Å². The van der Waals surface area contributed by atoms with Crippen LogP contribution in [0.2, 0.25) is 0 Å². The molecule has 0 saturated carbocycles. The first-order valence-electron chi connectivity index (χ1n) is 6.89. The third-order valence-electron chi connectivity index (χ3n) is 3.07. The van der Waals surface area contributed by atoms with E-state index in [1.54, 1.807) is 22.9 Å². The minimum Gasteiger partial charge on any atom is -0.490 e. The lowest BCUT2D eigenvalue weighted by molar-refractivity contribution is 0.291. The molecule has 5 heteroatoms. The van der Waals surface area contributed by atoms with Gasteiger partial charge in [0.2, 0.25) is 0 Å². The summed E-state index contributed by atoms with van der Waals surface area (Å²) in [6, 6.07) is 11.1. The molecule has 112 valence electrons. The van der Waals surface area contributed by atoms with Crippen LogP contribution in [0, 0.1) is 0 Å². The van der Waals surface area contributed by atoms with E-state index in [0.717, 1.165) is 22.2 Å². The topological polar surface area (TPSA) is 57.2 Å². The number of hydrogen-bond donors (Lipinski definition) is 1. The molecule has 1 heterocycles. The molecule has 0 aliphatic carbocycles. The summed E-state index contributed by atoms with van der Waals surface area (Å²) in [6.07, 6.45) is 2.51. The average Bonchev–Trinajstić information content (AvgIpc) is 2.43. The highest BCUT2D eigenvalue weighted by Gasteiger charge is 2.10. The van der Waals surface area contributed by atoms with Gasteiger partial charge >= 0.3 is 0 Å². The first-order valence-corrected chi connectivity index (χ1v) is 7.68. The van der Waals surface area contributed by atoms with Gasteiger partial charge in [-0.1, -0.05) is 18.2 Å². The zero-order valence-electron chi connectivity index (χ0n) is 12.0. The van der Waals surface area contributed by atoms with Crippen molar-refractivity contribution in [2.75, 3.05) is 6.61 Å². The van der Waals surface area contributed by atoms with E-state index in [0.29, 0.717) is 13.2 Å². The van der Waals surface area contributed by atoms with Gasteiger partial charge in [0.1, 0.15) is 12.4 Å². The molecule has 21 heavy (non-hydrogen) atoms. The summed E-state index contributed by atoms with van der Waals surface area (Å²) in [5.74, 6) is 0.804. The molecular formula is C16H19BrN2O2. The van der Waals surface area contributed by atoms with Gasteiger partial charge in [0.25, 0.3) is 5.56 Å². The van der Waals surface area contributed by atoms with E-state index in [-0.39, 0.29) is 11.6 Å². The smallest absolute Gasteiger partial charge is 0.250 e. The second-order valence-electron chi connectivity index (χ2n) is 4.99. The van der Waals surface area contributed by atoms with Gasteiger partial charge in [-0.15, -0.1) is 0 Å². The fourth-order valence-electron chi connectivity index (χ4n) is 2.11. The number of pyridine rings is 1. The van der Waals surface area contributed by atoms with Crippen LogP contribution in [0.3, 0.4) is 0 Å². The molecule has 1 atom stereocenters. The molecule has 4 nitrogen and oxygen atoms in total. The van der Waals surface area contributed by atoms with E-state index in [9.17, 15) is 4.79 Å². The van der Waals surface area contributed by atoms with Gasteiger partial charge in [-0.3, -0.25) is 4.79 Å². The molecule has 0 bridgehead atoms. The second kappa shape index (κ2) is 7.43. The Morgan fingerprint density at radius 3 is 2.81 bits per heavy atom. The Labute approximate surface area is 132 Å². The maximum atomic E-state index is 11.6. The number of ether oxygens (including phenoxy) is 1. The van der Waals surface area contributed by atoms with Crippen molar-refractivity contribution in [2.45, 2.75) is 25.9 Å². The number of aromatic nitrogens is 1. The van der Waals surface area contributed by atoms with Crippen LogP contribution >= 0.6 is 15.9 Å². The van der Waals surface area contributed by atoms with E-state index in [1.807, 2.05) is 31.2 Å². The summed E-state index contributed by atoms with van der Waals surface area (Å²) in [7, 11) is 0. The Morgan fingerprint density at radius 1 is 1.29 bits per heavy atom. The van der Waals surface area contributed by atoms with Gasteiger partial charge in [-0.2, -0.15) is 0 Å². The largest absolute Gasteiger partial charge is 0.490 e. The molecule has 0 spiro atoms. The van der Waals surface area contributed by atoms with Crippen LogP contribution in [0.1, 0.15) is 12.5 Å². The third kappa shape index (κ3) is 4.44. The summed E-state index contributed by atoms with van der Waals surface area (Å²) in [5, 5.41) is 0. The zero-order valence-corrected chi connectivity index (χ0v) is 13.5. The molecule has 0 aliphatic heterocycles. The van der Waals surface area contributed by atoms with Crippen molar-refractivity contribution in [1.82, 2.24) is 4.57 Å². The molecule has 0 aliphatic rings. The molecule has 0 fully saturated rings. The molecule has 1 aromatic carbocycles. The van der Waals surface area contributed by atoms with Crippen molar-refractivity contribution in [3.8, 4) is 5.75 Å². The standard InChI is InChI=1S/C16H19BrN2O2/c1-12(18)11-13-5-4-6-14(17)16(13)21-10-9-19-8-3-2-7-15(19)20/h2-8,12H,9-11,18H2,1H3. The number of para-hydroxylation sites is 1. The highest BCUT2D eigenvalue weighted by Crippen LogP contribution is 2.29. The lowest BCUT2D eigenvalue weighted by Gasteiger charge is -2.15. The predicted octanol–water partition coefficient (Wildman–Crippen LogP) is 2.58. The highest BCUT2D eigenvalue weighted by atomic mass is 79.9. The summed E-state index contributed by atoms with van der Waals surface area (Å²) in [6.45, 7) is 2.91. The molecule has 1 aromatic heterocycles. The normalized spacial score (nSPS) is 12.1. The van der Waals surface area contributed by atoms with Crippen LogP contribution in [0.5, 0.6) is 5.75 Å². The summed E-state index contributed by atoms with van der Waals surface area (Å²) in [4.78, 5) is 11.6. The van der Waals surface area contributed by atoms with Crippen molar-refractivity contribution in [1.29, 1.82) is 0 Å². The van der Waals surface area contributed by atoms with Gasteiger partial charge in [0.15, 0.2) is 0 Å². The van der Waals surface area contributed by atoms with Crippen molar-refractivity contribution < 1.29 is 4.74 Å². The highest BCUT2D eigenvalue weighted by molar-refractivity contribution is 9.10. The molecule has 2 aromatic rings. The number of nitrogens with two attached hydrogens (primary N) is 1. The minimum atomic E-state index is -0.0240. The monoisotopic (exact) mass is 350 g/mol. The third-order valence-corrected chi connectivity index (χ3v) is 3.69. The van der Waals surface area contributed by atoms with E-state index < -0.39 is 0 Å². The lowest BCUT2D eigenvalue weighted by Crippen LogP contribution is -2.22. The maximum absolute atomic E-state index is 11.6. The predicted molar refractivity (Wildman–Crippen MR) is 87.7 cm³/mol. The van der Waals surface area contributed by atoms with E-state index in [1.165, 1.54) is 0 Å². The van der Waals surface area contributed by atoms with Gasteiger partial charge in [-0.25, -0.2) is 0 Å². The number of nitrogens with zero attached hydrogens (tertiary/aromatic N) is 1. The van der Waals surface area contributed by atoms with Gasteiger partial charge in [0.05, 0.1) is 11.0 Å². The van der Waals surface area contributed by atoms with Crippen LogP contribution in [-0.4, -0.2) is 17.2 Å². The lowest BCUT2D eigenvalue weighted by atomic mass is 10.1. The molecule has 1 unspecified atom stereocenters. The Bertz CT molecular complexity index is 653. The Morgan fingerprint density at radius 2 is 2.10 bits per heavy atom. The number of benzene rings is 1. The van der Waals surface area contributed by atoms with Crippen LogP contribution < -0.4 is 16.0 Å².